The van der Waals surface area contributed by atoms with E-state index in [4.69, 9.17) is 5.73 Å². The van der Waals surface area contributed by atoms with Crippen LogP contribution in [0.25, 0.3) is 22.2 Å². The molecule has 1 aliphatic carbocycles. The molecule has 2 aromatic carbocycles. The summed E-state index contributed by atoms with van der Waals surface area (Å²) in [5, 5.41) is 1.11. The van der Waals surface area contributed by atoms with Crippen LogP contribution in [0.4, 0.5) is 5.69 Å². The molecule has 1 fully saturated rings. The van der Waals surface area contributed by atoms with Gasteiger partial charge in [-0.25, -0.2) is 0 Å². The molecule has 1 unspecified atom stereocenters. The van der Waals surface area contributed by atoms with Gasteiger partial charge in [0.15, 0.2) is 0 Å². The Balaban J connectivity index is 1.52. The van der Waals surface area contributed by atoms with E-state index in [1.54, 1.807) is 0 Å². The summed E-state index contributed by atoms with van der Waals surface area (Å²) in [4.78, 5) is 16.6. The fourth-order valence-corrected chi connectivity index (χ4v) is 4.26. The predicted molar refractivity (Wildman–Crippen MR) is 122 cm³/mol. The first-order valence-electron chi connectivity index (χ1n) is 10.5. The maximum atomic E-state index is 13.2. The van der Waals surface area contributed by atoms with Gasteiger partial charge in [0.1, 0.15) is 5.78 Å². The Hall–Kier alpha value is -2.81. The van der Waals surface area contributed by atoms with E-state index in [1.807, 2.05) is 18.2 Å². The number of nitrogens with one attached hydrogen (secondary N) is 1. The molecule has 29 heavy (non-hydrogen) atoms. The Morgan fingerprint density at radius 2 is 1.86 bits per heavy atom. The number of ketones is 1. The van der Waals surface area contributed by atoms with Gasteiger partial charge in [-0.3, -0.25) is 4.79 Å². The molecule has 3 nitrogen and oxygen atoms in total. The SMILES string of the molecule is CC(C)CC(C)(C=C1CC1)C(=O)Cc1ccc(-c2cc3cc(N)ccc3[nH]2)cc1. The molecule has 4 rings (SSSR count). The molecule has 1 heterocycles. The number of anilines is 1. The molecule has 0 bridgehead atoms. The fraction of sp³-hybridized carbons (Fsp3) is 0.346. The lowest BCUT2D eigenvalue weighted by molar-refractivity contribution is -0.125. The molecule has 1 aromatic heterocycles. The number of hydrogen-bond donors (Lipinski definition) is 2. The normalized spacial score (nSPS) is 15.5. The van der Waals surface area contributed by atoms with Gasteiger partial charge < -0.3 is 10.7 Å². The molecule has 0 spiro atoms. The topological polar surface area (TPSA) is 58.9 Å². The smallest absolute Gasteiger partial charge is 0.146 e. The van der Waals surface area contributed by atoms with E-state index in [9.17, 15) is 4.79 Å². The van der Waals surface area contributed by atoms with Crippen LogP contribution >= 0.6 is 0 Å². The van der Waals surface area contributed by atoms with Gasteiger partial charge in [-0.1, -0.05) is 49.8 Å². The molecular weight excluding hydrogens is 356 g/mol. The van der Waals surface area contributed by atoms with Crippen molar-refractivity contribution in [2.75, 3.05) is 5.73 Å². The van der Waals surface area contributed by atoms with Gasteiger partial charge in [0, 0.05) is 34.1 Å². The van der Waals surface area contributed by atoms with Crippen LogP contribution in [0.5, 0.6) is 0 Å². The molecule has 3 heteroatoms. The van der Waals surface area contributed by atoms with Crippen molar-refractivity contribution in [3.05, 3.63) is 65.7 Å². The number of nitrogens with two attached hydrogens (primary N) is 1. The minimum absolute atomic E-state index is 0.319. The molecule has 3 aromatic rings. The summed E-state index contributed by atoms with van der Waals surface area (Å²) < 4.78 is 0. The Kier molecular flexibility index (Phi) is 5.08. The van der Waals surface area contributed by atoms with Crippen molar-refractivity contribution in [2.24, 2.45) is 11.3 Å². The van der Waals surface area contributed by atoms with Gasteiger partial charge in [-0.15, -0.1) is 0 Å². The van der Waals surface area contributed by atoms with Gasteiger partial charge >= 0.3 is 0 Å². The third-order valence-corrected chi connectivity index (χ3v) is 5.81. The Morgan fingerprint density at radius 3 is 2.52 bits per heavy atom. The maximum Gasteiger partial charge on any atom is 0.146 e. The highest BCUT2D eigenvalue weighted by Crippen LogP contribution is 2.38. The number of Topliss-reactive ketones (excluding diaryl/α,β-unsaturated/α-hetero) is 1. The number of benzene rings is 2. The standard InChI is InChI=1S/C26H30N2O/c1-17(2)15-26(3,16-19-4-5-19)25(29)12-18-6-8-20(9-7-18)24-14-21-13-22(27)10-11-23(21)28-24/h6-11,13-14,16-17,28H,4-5,12,15,27H2,1-3H3. The van der Waals surface area contributed by atoms with Crippen LogP contribution in [-0.2, 0) is 11.2 Å². The van der Waals surface area contributed by atoms with Crippen molar-refractivity contribution in [1.82, 2.24) is 4.98 Å². The lowest BCUT2D eigenvalue weighted by Crippen LogP contribution is -2.29. The molecule has 0 radical (unpaired) electrons. The van der Waals surface area contributed by atoms with Gasteiger partial charge in [0.2, 0.25) is 0 Å². The third kappa shape index (κ3) is 4.45. The first kappa shape index (κ1) is 19.5. The van der Waals surface area contributed by atoms with Gasteiger partial charge in [-0.2, -0.15) is 0 Å². The van der Waals surface area contributed by atoms with Crippen molar-refractivity contribution in [3.8, 4) is 11.3 Å². The van der Waals surface area contributed by atoms with Gasteiger partial charge in [-0.05, 0) is 67.5 Å². The monoisotopic (exact) mass is 386 g/mol. The largest absolute Gasteiger partial charge is 0.399 e. The second-order valence-electron chi connectivity index (χ2n) is 9.14. The number of carbonyl (C=O) groups excluding carboxylic acids is 1. The average molecular weight is 387 g/mol. The van der Waals surface area contributed by atoms with Crippen LogP contribution in [0.2, 0.25) is 0 Å². The van der Waals surface area contributed by atoms with Crippen LogP contribution in [0, 0.1) is 11.3 Å². The average Bonchev–Trinajstić information content (AvgIpc) is 3.36. The zero-order valence-corrected chi connectivity index (χ0v) is 17.6. The van der Waals surface area contributed by atoms with E-state index in [-0.39, 0.29) is 5.41 Å². The van der Waals surface area contributed by atoms with Crippen molar-refractivity contribution < 1.29 is 4.79 Å². The molecule has 1 atom stereocenters. The molecule has 1 saturated carbocycles. The summed E-state index contributed by atoms with van der Waals surface area (Å²) in [6, 6.07) is 16.3. The van der Waals surface area contributed by atoms with Crippen molar-refractivity contribution in [1.29, 1.82) is 0 Å². The molecular formula is C26H30N2O. The molecule has 0 aliphatic heterocycles. The summed E-state index contributed by atoms with van der Waals surface area (Å²) in [6.45, 7) is 6.50. The minimum atomic E-state index is -0.351. The van der Waals surface area contributed by atoms with E-state index >= 15 is 0 Å². The third-order valence-electron chi connectivity index (χ3n) is 5.81. The molecule has 0 saturated heterocycles. The highest BCUT2D eigenvalue weighted by Gasteiger charge is 2.33. The molecule has 0 amide bonds. The number of carbonyl (C=O) groups is 1. The number of rotatable bonds is 7. The highest BCUT2D eigenvalue weighted by molar-refractivity contribution is 5.89. The Bertz CT molecular complexity index is 1070. The van der Waals surface area contributed by atoms with Crippen LogP contribution in [0.1, 0.15) is 45.6 Å². The maximum absolute atomic E-state index is 13.2. The van der Waals surface area contributed by atoms with Gasteiger partial charge in [0.05, 0.1) is 0 Å². The summed E-state index contributed by atoms with van der Waals surface area (Å²) in [7, 11) is 0. The van der Waals surface area contributed by atoms with E-state index in [2.05, 4.69) is 62.2 Å². The first-order valence-corrected chi connectivity index (χ1v) is 10.5. The summed E-state index contributed by atoms with van der Waals surface area (Å²) >= 11 is 0. The quantitative estimate of drug-likeness (QED) is 0.370. The van der Waals surface area contributed by atoms with Gasteiger partial charge in [0.25, 0.3) is 0 Å². The lowest BCUT2D eigenvalue weighted by Gasteiger charge is -2.27. The molecule has 150 valence electrons. The van der Waals surface area contributed by atoms with Crippen molar-refractivity contribution >= 4 is 22.4 Å². The zero-order valence-electron chi connectivity index (χ0n) is 17.6. The van der Waals surface area contributed by atoms with Crippen LogP contribution in [0.3, 0.4) is 0 Å². The van der Waals surface area contributed by atoms with E-state index < -0.39 is 0 Å². The summed E-state index contributed by atoms with van der Waals surface area (Å²) in [5.41, 5.74) is 12.1. The Morgan fingerprint density at radius 1 is 1.14 bits per heavy atom. The van der Waals surface area contributed by atoms with Crippen molar-refractivity contribution in [2.45, 2.75) is 46.5 Å². The summed E-state index contributed by atoms with van der Waals surface area (Å²) in [5.74, 6) is 0.817. The number of allylic oxidation sites excluding steroid dienone is 2. The van der Waals surface area contributed by atoms with Crippen LogP contribution in [-0.4, -0.2) is 10.8 Å². The number of fused-ring (bicyclic) bond motifs is 1. The number of hydrogen-bond acceptors (Lipinski definition) is 2. The first-order chi connectivity index (χ1) is 13.8. The predicted octanol–water partition coefficient (Wildman–Crippen LogP) is 6.30. The highest BCUT2D eigenvalue weighted by atomic mass is 16.1. The second-order valence-corrected chi connectivity index (χ2v) is 9.14. The zero-order chi connectivity index (χ0) is 20.6. The summed E-state index contributed by atoms with van der Waals surface area (Å²) in [6.07, 6.45) is 5.96. The lowest BCUT2D eigenvalue weighted by atomic mass is 9.76. The van der Waals surface area contributed by atoms with E-state index in [1.165, 1.54) is 5.57 Å². The fourth-order valence-electron chi connectivity index (χ4n) is 4.26. The minimum Gasteiger partial charge on any atom is -0.399 e. The van der Waals surface area contributed by atoms with E-state index in [0.29, 0.717) is 18.1 Å². The molecule has 3 N–H and O–H groups in total. The van der Waals surface area contributed by atoms with Crippen molar-refractivity contribution in [3.63, 3.8) is 0 Å². The Labute approximate surface area is 173 Å². The number of aromatic nitrogens is 1. The number of H-pyrrole nitrogens is 1. The van der Waals surface area contributed by atoms with E-state index in [0.717, 1.165) is 52.7 Å². The molecule has 1 aliphatic rings. The number of aromatic amines is 1. The number of nitrogen functional groups attached to an aromatic ring is 1. The van der Waals surface area contributed by atoms with Crippen LogP contribution in [0.15, 0.2) is 60.2 Å². The van der Waals surface area contributed by atoms with Crippen LogP contribution < -0.4 is 5.73 Å². The second kappa shape index (κ2) is 7.55.